The molecule has 4 rings (SSSR count). The normalized spacial score (nSPS) is 18.7. The fourth-order valence-electron chi connectivity index (χ4n) is 4.02. The summed E-state index contributed by atoms with van der Waals surface area (Å²) in [6.07, 6.45) is 1.77. The second-order valence-electron chi connectivity index (χ2n) is 7.00. The van der Waals surface area contributed by atoms with Crippen molar-refractivity contribution in [2.45, 2.75) is 31.3 Å². The minimum atomic E-state index is -1.01. The molecule has 6 heteroatoms. The molecule has 2 aromatic carbocycles. The summed E-state index contributed by atoms with van der Waals surface area (Å²) in [4.78, 5) is 34.6. The Labute approximate surface area is 162 Å². The van der Waals surface area contributed by atoms with Crippen LogP contribution in [0.1, 0.15) is 41.4 Å². The van der Waals surface area contributed by atoms with Crippen molar-refractivity contribution < 1.29 is 14.7 Å². The fraction of sp³-hybridized carbons (Fsp3) is 0.227. The van der Waals surface area contributed by atoms with Gasteiger partial charge in [-0.15, -0.1) is 0 Å². The van der Waals surface area contributed by atoms with Crippen molar-refractivity contribution in [2.75, 3.05) is 0 Å². The number of carbonyl (C=O) groups excluding carboxylic acids is 1. The highest BCUT2D eigenvalue weighted by Crippen LogP contribution is 2.36. The van der Waals surface area contributed by atoms with Crippen LogP contribution in [0.5, 0.6) is 0 Å². The van der Waals surface area contributed by atoms with E-state index in [2.05, 4.69) is 9.97 Å². The minimum Gasteiger partial charge on any atom is -0.480 e. The number of carboxylic acid groups (broad SMARTS) is 1. The van der Waals surface area contributed by atoms with Crippen LogP contribution in [0.2, 0.25) is 0 Å². The molecule has 0 saturated heterocycles. The van der Waals surface area contributed by atoms with Crippen molar-refractivity contribution in [2.24, 2.45) is 0 Å². The number of aromatic amines is 1. The van der Waals surface area contributed by atoms with Crippen molar-refractivity contribution in [3.63, 3.8) is 0 Å². The number of hydrogen-bond acceptors (Lipinski definition) is 3. The number of rotatable bonds is 4. The minimum absolute atomic E-state index is 0.219. The Hall–Kier alpha value is -3.41. The predicted octanol–water partition coefficient (Wildman–Crippen LogP) is 3.14. The third kappa shape index (κ3) is 3.07. The number of carbonyl (C=O) groups is 2. The lowest BCUT2D eigenvalue weighted by Gasteiger charge is -2.39. The van der Waals surface area contributed by atoms with Crippen LogP contribution in [0.15, 0.2) is 67.0 Å². The van der Waals surface area contributed by atoms with Gasteiger partial charge >= 0.3 is 5.97 Å². The summed E-state index contributed by atoms with van der Waals surface area (Å²) in [7, 11) is 0. The molecule has 6 nitrogen and oxygen atoms in total. The molecule has 28 heavy (non-hydrogen) atoms. The van der Waals surface area contributed by atoms with Crippen LogP contribution >= 0.6 is 0 Å². The van der Waals surface area contributed by atoms with E-state index in [4.69, 9.17) is 0 Å². The van der Waals surface area contributed by atoms with E-state index in [0.29, 0.717) is 0 Å². The van der Waals surface area contributed by atoms with Gasteiger partial charge in [-0.1, -0.05) is 60.7 Å². The van der Waals surface area contributed by atoms with Crippen LogP contribution in [0.4, 0.5) is 0 Å². The predicted molar refractivity (Wildman–Crippen MR) is 104 cm³/mol. The first-order valence-corrected chi connectivity index (χ1v) is 9.25. The van der Waals surface area contributed by atoms with Crippen molar-refractivity contribution in [3.8, 4) is 0 Å². The summed E-state index contributed by atoms with van der Waals surface area (Å²) >= 11 is 0. The van der Waals surface area contributed by atoms with Crippen LogP contribution in [0.3, 0.4) is 0 Å². The van der Waals surface area contributed by atoms with Crippen LogP contribution < -0.4 is 0 Å². The molecular weight excluding hydrogens is 354 g/mol. The number of hydrogen-bond donors (Lipinski definition) is 2. The standard InChI is InChI=1S/C22H21N3O3/c1-14-20-17(23-13-24-20)12-18(22(27)28)25(14)21(26)19(15-8-4-2-5-9-15)16-10-6-3-7-11-16/h2-11,13-14,18-19H,12H2,1H3,(H,23,24)(H,27,28). The number of carboxylic acids is 1. The molecule has 0 fully saturated rings. The quantitative estimate of drug-likeness (QED) is 0.733. The van der Waals surface area contributed by atoms with Gasteiger partial charge in [0.1, 0.15) is 6.04 Å². The second-order valence-corrected chi connectivity index (χ2v) is 7.00. The Balaban J connectivity index is 1.80. The lowest BCUT2D eigenvalue weighted by atomic mass is 9.87. The molecule has 1 aliphatic rings. The summed E-state index contributed by atoms with van der Waals surface area (Å²) in [5.74, 6) is -1.82. The number of benzene rings is 2. The average Bonchev–Trinajstić information content (AvgIpc) is 3.19. The number of fused-ring (bicyclic) bond motifs is 1. The van der Waals surface area contributed by atoms with Gasteiger partial charge < -0.3 is 15.0 Å². The van der Waals surface area contributed by atoms with E-state index in [0.717, 1.165) is 22.5 Å². The van der Waals surface area contributed by atoms with E-state index < -0.39 is 24.0 Å². The number of nitrogens with zero attached hydrogens (tertiary/aromatic N) is 2. The zero-order chi connectivity index (χ0) is 19.7. The van der Waals surface area contributed by atoms with Crippen LogP contribution in [-0.2, 0) is 16.0 Å². The van der Waals surface area contributed by atoms with Crippen molar-refractivity contribution >= 4 is 11.9 Å². The van der Waals surface area contributed by atoms with Gasteiger partial charge in [-0.2, -0.15) is 0 Å². The van der Waals surface area contributed by atoms with E-state index in [1.54, 1.807) is 6.33 Å². The molecule has 0 bridgehead atoms. The Morgan fingerprint density at radius 3 is 2.18 bits per heavy atom. The molecule has 0 spiro atoms. The van der Waals surface area contributed by atoms with Gasteiger partial charge in [0.2, 0.25) is 5.91 Å². The Kier molecular flexibility index (Phi) is 4.69. The average molecular weight is 375 g/mol. The van der Waals surface area contributed by atoms with Gasteiger partial charge in [-0.05, 0) is 18.1 Å². The molecule has 1 aromatic heterocycles. The monoisotopic (exact) mass is 375 g/mol. The Morgan fingerprint density at radius 2 is 1.64 bits per heavy atom. The molecule has 0 saturated carbocycles. The lowest BCUT2D eigenvalue weighted by molar-refractivity contribution is -0.153. The number of imidazole rings is 1. The first-order chi connectivity index (χ1) is 13.6. The highest BCUT2D eigenvalue weighted by atomic mass is 16.4. The highest BCUT2D eigenvalue weighted by Gasteiger charge is 2.43. The summed E-state index contributed by atoms with van der Waals surface area (Å²) in [6.45, 7) is 1.83. The third-order valence-electron chi connectivity index (χ3n) is 5.35. The molecule has 2 heterocycles. The van der Waals surface area contributed by atoms with Gasteiger partial charge in [0.25, 0.3) is 0 Å². The number of H-pyrrole nitrogens is 1. The number of aromatic nitrogens is 2. The number of nitrogens with one attached hydrogen (secondary N) is 1. The fourth-order valence-corrected chi connectivity index (χ4v) is 4.02. The third-order valence-corrected chi connectivity index (χ3v) is 5.35. The molecular formula is C22H21N3O3. The van der Waals surface area contributed by atoms with E-state index in [9.17, 15) is 14.7 Å². The maximum absolute atomic E-state index is 13.8. The summed E-state index contributed by atoms with van der Waals surface area (Å²) < 4.78 is 0. The highest BCUT2D eigenvalue weighted by molar-refractivity contribution is 5.91. The van der Waals surface area contributed by atoms with Crippen LogP contribution in [0.25, 0.3) is 0 Å². The van der Waals surface area contributed by atoms with E-state index in [1.165, 1.54) is 4.90 Å². The Bertz CT molecular complexity index is 945. The second kappa shape index (κ2) is 7.31. The van der Waals surface area contributed by atoms with Gasteiger partial charge in [0.15, 0.2) is 0 Å². The molecule has 0 radical (unpaired) electrons. The molecule has 1 aliphatic heterocycles. The molecule has 2 unspecified atom stereocenters. The molecule has 2 N–H and O–H groups in total. The van der Waals surface area contributed by atoms with Crippen LogP contribution in [0, 0.1) is 0 Å². The smallest absolute Gasteiger partial charge is 0.326 e. The van der Waals surface area contributed by atoms with Crippen molar-refractivity contribution in [3.05, 3.63) is 89.5 Å². The molecule has 2 atom stereocenters. The largest absolute Gasteiger partial charge is 0.480 e. The zero-order valence-corrected chi connectivity index (χ0v) is 15.4. The molecule has 0 aliphatic carbocycles. The van der Waals surface area contributed by atoms with Crippen molar-refractivity contribution in [1.82, 2.24) is 14.9 Å². The first-order valence-electron chi connectivity index (χ1n) is 9.25. The Morgan fingerprint density at radius 1 is 1.07 bits per heavy atom. The lowest BCUT2D eigenvalue weighted by Crippen LogP contribution is -2.52. The summed E-state index contributed by atoms with van der Waals surface area (Å²) in [5, 5.41) is 9.83. The topological polar surface area (TPSA) is 86.3 Å². The van der Waals surface area contributed by atoms with E-state index >= 15 is 0 Å². The van der Waals surface area contributed by atoms with Gasteiger partial charge in [0, 0.05) is 12.1 Å². The summed E-state index contributed by atoms with van der Waals surface area (Å²) in [6, 6.07) is 17.6. The van der Waals surface area contributed by atoms with Gasteiger partial charge in [-0.25, -0.2) is 9.78 Å². The van der Waals surface area contributed by atoms with Gasteiger partial charge in [-0.3, -0.25) is 4.79 Å². The maximum atomic E-state index is 13.8. The van der Waals surface area contributed by atoms with E-state index in [-0.39, 0.29) is 12.3 Å². The molecule has 1 amide bonds. The number of aliphatic carboxylic acids is 1. The summed E-state index contributed by atoms with van der Waals surface area (Å²) in [5.41, 5.74) is 3.18. The number of amides is 1. The van der Waals surface area contributed by atoms with Gasteiger partial charge in [0.05, 0.1) is 24.0 Å². The molecule has 3 aromatic rings. The van der Waals surface area contributed by atoms with Crippen LogP contribution in [-0.4, -0.2) is 37.9 Å². The zero-order valence-electron chi connectivity index (χ0n) is 15.4. The van der Waals surface area contributed by atoms with E-state index in [1.807, 2.05) is 67.6 Å². The van der Waals surface area contributed by atoms with Crippen molar-refractivity contribution in [1.29, 1.82) is 0 Å². The maximum Gasteiger partial charge on any atom is 0.326 e. The molecule has 142 valence electrons. The first kappa shape index (κ1) is 18.0. The SMILES string of the molecule is CC1c2nc[nH]c2CC(C(=O)O)N1C(=O)C(c1ccccc1)c1ccccc1.